The Morgan fingerprint density at radius 3 is 2.82 bits per heavy atom. The van der Waals surface area contributed by atoms with E-state index in [1.54, 1.807) is 0 Å². The average Bonchev–Trinajstić information content (AvgIpc) is 2.50. The zero-order valence-corrected chi connectivity index (χ0v) is 13.4. The first-order valence-corrected chi connectivity index (χ1v) is 7.86. The third-order valence-electron chi connectivity index (χ3n) is 4.81. The first-order valence-electron chi connectivity index (χ1n) is 7.86. The number of carboxylic acid groups (broad SMARTS) is 1. The second kappa shape index (κ2) is 5.69. The molecule has 0 saturated heterocycles. The molecular formula is C18H22N2O2. The second-order valence-electron chi connectivity index (χ2n) is 6.11. The van der Waals surface area contributed by atoms with Gasteiger partial charge in [0.15, 0.2) is 0 Å². The van der Waals surface area contributed by atoms with E-state index in [0.717, 1.165) is 59.3 Å². The minimum absolute atomic E-state index is 0.0708. The van der Waals surface area contributed by atoms with Gasteiger partial charge in [0.05, 0.1) is 11.9 Å². The van der Waals surface area contributed by atoms with E-state index in [9.17, 15) is 9.90 Å². The molecule has 116 valence electrons. The van der Waals surface area contributed by atoms with Crippen molar-refractivity contribution in [2.45, 2.75) is 40.2 Å². The fraction of sp³-hybridized carbons (Fsp3) is 0.444. The van der Waals surface area contributed by atoms with Gasteiger partial charge in [-0.25, -0.2) is 0 Å². The quantitative estimate of drug-likeness (QED) is 0.946. The van der Waals surface area contributed by atoms with Crippen LogP contribution in [0.5, 0.6) is 0 Å². The highest BCUT2D eigenvalue weighted by molar-refractivity contribution is 5.90. The molecule has 0 fully saturated rings. The summed E-state index contributed by atoms with van der Waals surface area (Å²) in [6.45, 7) is 9.08. The summed E-state index contributed by atoms with van der Waals surface area (Å²) in [7, 11) is 0. The SMILES string of the molecule is CCN1CCc2nc3c(C)c(C)ccc3c(CC(=O)O)c2C1. The smallest absolute Gasteiger partial charge is 0.307 e. The van der Waals surface area contributed by atoms with Crippen molar-refractivity contribution in [3.8, 4) is 0 Å². The Balaban J connectivity index is 2.28. The third kappa shape index (κ3) is 2.48. The number of aromatic nitrogens is 1. The molecule has 1 aliphatic rings. The van der Waals surface area contributed by atoms with Gasteiger partial charge < -0.3 is 5.11 Å². The van der Waals surface area contributed by atoms with Crippen LogP contribution >= 0.6 is 0 Å². The van der Waals surface area contributed by atoms with Crippen LogP contribution < -0.4 is 0 Å². The third-order valence-corrected chi connectivity index (χ3v) is 4.81. The summed E-state index contributed by atoms with van der Waals surface area (Å²) < 4.78 is 0. The molecule has 0 unspecified atom stereocenters. The number of rotatable bonds is 3. The minimum Gasteiger partial charge on any atom is -0.481 e. The van der Waals surface area contributed by atoms with Gasteiger partial charge in [-0.1, -0.05) is 19.1 Å². The lowest BCUT2D eigenvalue weighted by atomic mass is 9.92. The predicted molar refractivity (Wildman–Crippen MR) is 87.2 cm³/mol. The van der Waals surface area contributed by atoms with E-state index in [0.29, 0.717) is 0 Å². The molecule has 0 bridgehead atoms. The van der Waals surface area contributed by atoms with E-state index in [4.69, 9.17) is 4.98 Å². The predicted octanol–water partition coefficient (Wildman–Crippen LogP) is 2.86. The van der Waals surface area contributed by atoms with E-state index in [-0.39, 0.29) is 6.42 Å². The highest BCUT2D eigenvalue weighted by Crippen LogP contribution is 2.31. The molecule has 0 spiro atoms. The first-order chi connectivity index (χ1) is 10.5. The van der Waals surface area contributed by atoms with E-state index < -0.39 is 5.97 Å². The standard InChI is InChI=1S/C18H22N2O2/c1-4-20-8-7-16-15(10-20)14(9-17(21)22)13-6-5-11(2)12(3)18(13)19-16/h5-6H,4,7-10H2,1-3H3,(H,21,22). The van der Waals surface area contributed by atoms with Gasteiger partial charge in [-0.15, -0.1) is 0 Å². The molecule has 1 N–H and O–H groups in total. The molecule has 4 heteroatoms. The van der Waals surface area contributed by atoms with Gasteiger partial charge in [-0.3, -0.25) is 14.7 Å². The Morgan fingerprint density at radius 1 is 1.36 bits per heavy atom. The summed E-state index contributed by atoms with van der Waals surface area (Å²) in [6.07, 6.45) is 0.973. The van der Waals surface area contributed by atoms with Crippen molar-refractivity contribution in [2.24, 2.45) is 0 Å². The summed E-state index contributed by atoms with van der Waals surface area (Å²) in [5, 5.41) is 10.3. The zero-order valence-electron chi connectivity index (χ0n) is 13.4. The molecule has 22 heavy (non-hydrogen) atoms. The number of carbonyl (C=O) groups is 1. The number of hydrogen-bond donors (Lipinski definition) is 1. The highest BCUT2D eigenvalue weighted by atomic mass is 16.4. The molecule has 0 amide bonds. The average molecular weight is 298 g/mol. The largest absolute Gasteiger partial charge is 0.481 e. The van der Waals surface area contributed by atoms with Crippen LogP contribution in [0.4, 0.5) is 0 Å². The normalized spacial score (nSPS) is 15.0. The Kier molecular flexibility index (Phi) is 3.87. The molecule has 4 nitrogen and oxygen atoms in total. The molecule has 1 aliphatic heterocycles. The number of aliphatic carboxylic acids is 1. The molecule has 0 radical (unpaired) electrons. The lowest BCUT2D eigenvalue weighted by Gasteiger charge is -2.29. The lowest BCUT2D eigenvalue weighted by molar-refractivity contribution is -0.136. The maximum atomic E-state index is 11.4. The Bertz CT molecular complexity index is 753. The van der Waals surface area contributed by atoms with E-state index >= 15 is 0 Å². The number of likely N-dealkylation sites (N-methyl/N-ethyl adjacent to an activating group) is 1. The number of benzene rings is 1. The van der Waals surface area contributed by atoms with Crippen molar-refractivity contribution in [1.29, 1.82) is 0 Å². The van der Waals surface area contributed by atoms with Crippen LogP contribution in [-0.2, 0) is 24.2 Å². The number of aryl methyl sites for hydroxylation is 2. The van der Waals surface area contributed by atoms with E-state index in [1.165, 1.54) is 5.56 Å². The number of fused-ring (bicyclic) bond motifs is 2. The number of hydrogen-bond acceptors (Lipinski definition) is 3. The van der Waals surface area contributed by atoms with Crippen LogP contribution in [-0.4, -0.2) is 34.0 Å². The fourth-order valence-electron chi connectivity index (χ4n) is 3.31. The summed E-state index contributed by atoms with van der Waals surface area (Å²) in [6, 6.07) is 4.10. The Hall–Kier alpha value is -1.94. The van der Waals surface area contributed by atoms with Gasteiger partial charge in [-0.05, 0) is 42.6 Å². The van der Waals surface area contributed by atoms with Crippen LogP contribution in [0.25, 0.3) is 10.9 Å². The van der Waals surface area contributed by atoms with Crippen LogP contribution in [0.3, 0.4) is 0 Å². The maximum absolute atomic E-state index is 11.4. The van der Waals surface area contributed by atoms with Crippen LogP contribution in [0.15, 0.2) is 12.1 Å². The lowest BCUT2D eigenvalue weighted by Crippen LogP contribution is -2.32. The number of nitrogens with zero attached hydrogens (tertiary/aromatic N) is 2. The summed E-state index contributed by atoms with van der Waals surface area (Å²) >= 11 is 0. The number of carboxylic acids is 1. The monoisotopic (exact) mass is 298 g/mol. The van der Waals surface area contributed by atoms with Gasteiger partial charge in [0.1, 0.15) is 0 Å². The van der Waals surface area contributed by atoms with E-state index in [2.05, 4.69) is 31.7 Å². The number of pyridine rings is 1. The summed E-state index contributed by atoms with van der Waals surface area (Å²) in [5.74, 6) is -0.776. The van der Waals surface area contributed by atoms with Crippen LogP contribution in [0.2, 0.25) is 0 Å². The van der Waals surface area contributed by atoms with Crippen molar-refractivity contribution in [1.82, 2.24) is 9.88 Å². The van der Waals surface area contributed by atoms with Crippen molar-refractivity contribution in [3.63, 3.8) is 0 Å². The maximum Gasteiger partial charge on any atom is 0.307 e. The van der Waals surface area contributed by atoms with Gasteiger partial charge >= 0.3 is 5.97 Å². The van der Waals surface area contributed by atoms with Crippen molar-refractivity contribution in [2.75, 3.05) is 13.1 Å². The van der Waals surface area contributed by atoms with E-state index in [1.807, 2.05) is 6.07 Å². The molecule has 2 aromatic rings. The topological polar surface area (TPSA) is 53.4 Å². The van der Waals surface area contributed by atoms with Gasteiger partial charge in [0.2, 0.25) is 0 Å². The van der Waals surface area contributed by atoms with Crippen LogP contribution in [0.1, 0.15) is 34.9 Å². The molecule has 0 saturated carbocycles. The molecule has 1 aromatic heterocycles. The van der Waals surface area contributed by atoms with Gasteiger partial charge in [-0.2, -0.15) is 0 Å². The molecule has 1 aromatic carbocycles. The summed E-state index contributed by atoms with van der Waals surface area (Å²) in [5.41, 5.74) is 6.50. The summed E-state index contributed by atoms with van der Waals surface area (Å²) in [4.78, 5) is 18.6. The zero-order chi connectivity index (χ0) is 15.9. The molecular weight excluding hydrogens is 276 g/mol. The van der Waals surface area contributed by atoms with Crippen LogP contribution in [0, 0.1) is 13.8 Å². The highest BCUT2D eigenvalue weighted by Gasteiger charge is 2.23. The first kappa shape index (κ1) is 15.0. The minimum atomic E-state index is -0.776. The fourth-order valence-corrected chi connectivity index (χ4v) is 3.31. The van der Waals surface area contributed by atoms with Crippen molar-refractivity contribution < 1.29 is 9.90 Å². The van der Waals surface area contributed by atoms with Gasteiger partial charge in [0.25, 0.3) is 0 Å². The molecule has 0 atom stereocenters. The Morgan fingerprint density at radius 2 is 2.14 bits per heavy atom. The van der Waals surface area contributed by atoms with Crippen molar-refractivity contribution in [3.05, 3.63) is 40.1 Å². The van der Waals surface area contributed by atoms with Gasteiger partial charge in [0, 0.05) is 30.6 Å². The molecule has 2 heterocycles. The van der Waals surface area contributed by atoms with Crippen molar-refractivity contribution >= 4 is 16.9 Å². The molecule has 0 aliphatic carbocycles. The second-order valence-corrected chi connectivity index (χ2v) is 6.11. The Labute approximate surface area is 130 Å². The molecule has 3 rings (SSSR count).